The molecule has 0 rings (SSSR count). The third-order valence-electron chi connectivity index (χ3n) is 8.29. The van der Waals surface area contributed by atoms with Crippen molar-refractivity contribution in [3.05, 3.63) is 0 Å². The lowest BCUT2D eigenvalue weighted by molar-refractivity contribution is -0.149. The molecule has 0 saturated carbocycles. The second kappa shape index (κ2) is 30.0. The fraction of sp³-hybridized carbons (Fsp3) is 0.971. The van der Waals surface area contributed by atoms with E-state index in [1.165, 1.54) is 161 Å². The van der Waals surface area contributed by atoms with Gasteiger partial charge in [0.25, 0.3) is 0 Å². The van der Waals surface area contributed by atoms with E-state index in [0.717, 1.165) is 12.8 Å². The zero-order chi connectivity index (χ0) is 27.2. The van der Waals surface area contributed by atoms with Crippen LogP contribution in [0.25, 0.3) is 0 Å². The molecule has 0 amide bonds. The van der Waals surface area contributed by atoms with Crippen LogP contribution in [-0.2, 0) is 9.53 Å². The Balaban J connectivity index is 4.12. The topological polar surface area (TPSA) is 26.3 Å². The van der Waals surface area contributed by atoms with Gasteiger partial charge < -0.3 is 4.74 Å². The smallest absolute Gasteiger partial charge is 0.308 e. The van der Waals surface area contributed by atoms with Gasteiger partial charge in [-0.05, 0) is 25.2 Å². The summed E-state index contributed by atoms with van der Waals surface area (Å²) in [5, 5.41) is 0. The number of esters is 1. The van der Waals surface area contributed by atoms with Crippen molar-refractivity contribution in [3.8, 4) is 0 Å². The minimum Gasteiger partial charge on any atom is -0.465 e. The number of hydrogen-bond donors (Lipinski definition) is 0. The van der Waals surface area contributed by atoms with Gasteiger partial charge in [-0.3, -0.25) is 4.79 Å². The van der Waals surface area contributed by atoms with Gasteiger partial charge in [0.1, 0.15) is 0 Å². The van der Waals surface area contributed by atoms with Crippen molar-refractivity contribution in [2.45, 2.75) is 201 Å². The summed E-state index contributed by atoms with van der Waals surface area (Å²) in [6, 6.07) is 0. The molecule has 222 valence electrons. The van der Waals surface area contributed by atoms with Gasteiger partial charge in [-0.15, -0.1) is 0 Å². The van der Waals surface area contributed by atoms with Crippen molar-refractivity contribution in [1.29, 1.82) is 0 Å². The Morgan fingerprint density at radius 2 is 0.757 bits per heavy atom. The van der Waals surface area contributed by atoms with Gasteiger partial charge in [-0.2, -0.15) is 0 Å². The molecule has 0 heterocycles. The fourth-order valence-electron chi connectivity index (χ4n) is 5.49. The quantitative estimate of drug-likeness (QED) is 0.0692. The van der Waals surface area contributed by atoms with Crippen LogP contribution in [0.1, 0.15) is 201 Å². The molecule has 0 aromatic rings. The van der Waals surface area contributed by atoms with E-state index < -0.39 is 0 Å². The molecule has 0 fully saturated rings. The standard InChI is InChI=1S/C35H70O2/c1-5-8-11-14-16-18-19-21-23-25-28-31-34(30-27-24-22-20-17-15-12-9-6-2)32-37-35(36)33(4)29-26-13-10-7-3/h33-34H,5-32H2,1-4H3. The lowest BCUT2D eigenvalue weighted by Gasteiger charge is -2.19. The highest BCUT2D eigenvalue weighted by atomic mass is 16.5. The normalized spacial score (nSPS) is 13.1. The van der Waals surface area contributed by atoms with Crippen LogP contribution in [0.4, 0.5) is 0 Å². The van der Waals surface area contributed by atoms with Gasteiger partial charge in [-0.1, -0.05) is 182 Å². The van der Waals surface area contributed by atoms with Crippen molar-refractivity contribution < 1.29 is 9.53 Å². The van der Waals surface area contributed by atoms with E-state index in [2.05, 4.69) is 27.7 Å². The minimum absolute atomic E-state index is 0.0486. The van der Waals surface area contributed by atoms with Gasteiger partial charge in [0.05, 0.1) is 12.5 Å². The van der Waals surface area contributed by atoms with Crippen LogP contribution >= 0.6 is 0 Å². The summed E-state index contributed by atoms with van der Waals surface area (Å²) in [6.45, 7) is 9.54. The average Bonchev–Trinajstić information content (AvgIpc) is 2.90. The lowest BCUT2D eigenvalue weighted by Crippen LogP contribution is -2.20. The monoisotopic (exact) mass is 523 g/mol. The van der Waals surface area contributed by atoms with Crippen LogP contribution in [-0.4, -0.2) is 12.6 Å². The Morgan fingerprint density at radius 1 is 0.459 bits per heavy atom. The summed E-state index contributed by atoms with van der Waals surface area (Å²) >= 11 is 0. The Kier molecular flexibility index (Phi) is 29.6. The Bertz CT molecular complexity index is 447. The second-order valence-corrected chi connectivity index (χ2v) is 12.2. The molecule has 0 N–H and O–H groups in total. The molecule has 2 heteroatoms. The van der Waals surface area contributed by atoms with E-state index >= 15 is 0 Å². The highest BCUT2D eigenvalue weighted by Gasteiger charge is 2.17. The van der Waals surface area contributed by atoms with Crippen molar-refractivity contribution in [1.82, 2.24) is 0 Å². The van der Waals surface area contributed by atoms with Gasteiger partial charge in [0.15, 0.2) is 0 Å². The van der Waals surface area contributed by atoms with Gasteiger partial charge >= 0.3 is 5.97 Å². The zero-order valence-corrected chi connectivity index (χ0v) is 26.3. The maximum Gasteiger partial charge on any atom is 0.308 e. The van der Waals surface area contributed by atoms with E-state index in [1.807, 2.05) is 0 Å². The first-order chi connectivity index (χ1) is 18.2. The van der Waals surface area contributed by atoms with E-state index in [1.54, 1.807) is 0 Å². The number of carbonyl (C=O) groups is 1. The Hall–Kier alpha value is -0.530. The maximum absolute atomic E-state index is 12.6. The predicted molar refractivity (Wildman–Crippen MR) is 165 cm³/mol. The number of hydrogen-bond acceptors (Lipinski definition) is 2. The molecule has 0 aliphatic heterocycles. The number of unbranched alkanes of at least 4 members (excludes halogenated alkanes) is 21. The number of carbonyl (C=O) groups excluding carboxylic acids is 1. The highest BCUT2D eigenvalue weighted by molar-refractivity contribution is 5.71. The molecule has 2 atom stereocenters. The van der Waals surface area contributed by atoms with Crippen LogP contribution in [0.2, 0.25) is 0 Å². The van der Waals surface area contributed by atoms with Gasteiger partial charge in [0.2, 0.25) is 0 Å². The second-order valence-electron chi connectivity index (χ2n) is 12.2. The van der Waals surface area contributed by atoms with Crippen LogP contribution in [0, 0.1) is 11.8 Å². The summed E-state index contributed by atoms with van der Waals surface area (Å²) in [4.78, 5) is 12.6. The molecular weight excluding hydrogens is 452 g/mol. The van der Waals surface area contributed by atoms with Gasteiger partial charge in [-0.25, -0.2) is 0 Å². The third-order valence-corrected chi connectivity index (χ3v) is 8.29. The van der Waals surface area contributed by atoms with Crippen molar-refractivity contribution in [3.63, 3.8) is 0 Å². The molecule has 2 nitrogen and oxygen atoms in total. The first-order valence-corrected chi connectivity index (χ1v) is 17.3. The molecule has 0 spiro atoms. The first-order valence-electron chi connectivity index (χ1n) is 17.3. The Labute approximate surface area is 234 Å². The van der Waals surface area contributed by atoms with E-state index in [4.69, 9.17) is 4.74 Å². The summed E-state index contributed by atoms with van der Waals surface area (Å²) in [5.74, 6) is 0.680. The summed E-state index contributed by atoms with van der Waals surface area (Å²) in [6.07, 6.45) is 36.2. The molecule has 37 heavy (non-hydrogen) atoms. The SMILES string of the molecule is CCCCCCCCCCCCCC(CCCCCCCCCCC)COC(=O)C(C)CCCCCC. The molecule has 0 saturated heterocycles. The van der Waals surface area contributed by atoms with Gasteiger partial charge in [0, 0.05) is 0 Å². The molecule has 0 aliphatic carbocycles. The molecule has 0 bridgehead atoms. The number of ether oxygens (including phenoxy) is 1. The molecule has 0 aliphatic rings. The third kappa shape index (κ3) is 26.8. The lowest BCUT2D eigenvalue weighted by atomic mass is 9.94. The molecule has 0 aromatic heterocycles. The predicted octanol–water partition coefficient (Wildman–Crippen LogP) is 12.4. The van der Waals surface area contributed by atoms with Crippen molar-refractivity contribution >= 4 is 5.97 Å². The van der Waals surface area contributed by atoms with E-state index in [-0.39, 0.29) is 11.9 Å². The summed E-state index contributed by atoms with van der Waals surface area (Å²) in [5.41, 5.74) is 0. The van der Waals surface area contributed by atoms with Crippen LogP contribution in [0.15, 0.2) is 0 Å². The summed E-state index contributed by atoms with van der Waals surface area (Å²) in [7, 11) is 0. The summed E-state index contributed by atoms with van der Waals surface area (Å²) < 4.78 is 5.87. The van der Waals surface area contributed by atoms with Crippen LogP contribution in [0.5, 0.6) is 0 Å². The largest absolute Gasteiger partial charge is 0.465 e. The van der Waals surface area contributed by atoms with Crippen molar-refractivity contribution in [2.75, 3.05) is 6.61 Å². The van der Waals surface area contributed by atoms with Crippen LogP contribution in [0.3, 0.4) is 0 Å². The van der Waals surface area contributed by atoms with E-state index in [9.17, 15) is 4.79 Å². The molecule has 0 aromatic carbocycles. The maximum atomic E-state index is 12.6. The van der Waals surface area contributed by atoms with E-state index in [0.29, 0.717) is 12.5 Å². The van der Waals surface area contributed by atoms with Crippen molar-refractivity contribution in [2.24, 2.45) is 11.8 Å². The molecule has 2 unspecified atom stereocenters. The zero-order valence-electron chi connectivity index (χ0n) is 26.3. The highest BCUT2D eigenvalue weighted by Crippen LogP contribution is 2.21. The Morgan fingerprint density at radius 3 is 1.14 bits per heavy atom. The minimum atomic E-state index is 0.0486. The fourth-order valence-corrected chi connectivity index (χ4v) is 5.49. The number of rotatable bonds is 30. The molecule has 0 radical (unpaired) electrons. The van der Waals surface area contributed by atoms with Crippen LogP contribution < -0.4 is 0 Å². The first kappa shape index (κ1) is 36.5. The average molecular weight is 523 g/mol. The molecular formula is C35H70O2.